The van der Waals surface area contributed by atoms with Crippen molar-refractivity contribution in [3.05, 3.63) is 18.5 Å². The summed E-state index contributed by atoms with van der Waals surface area (Å²) in [6, 6.07) is 1.82. The third kappa shape index (κ3) is 1.77. The van der Waals surface area contributed by atoms with Crippen molar-refractivity contribution in [3.8, 4) is 0 Å². The molecule has 76 valence electrons. The van der Waals surface area contributed by atoms with Gasteiger partial charge in [0.1, 0.15) is 0 Å². The average Bonchev–Trinajstić information content (AvgIpc) is 2.75. The Balaban J connectivity index is 2.00. The number of rotatable bonds is 3. The highest BCUT2D eigenvalue weighted by Crippen LogP contribution is 2.22. The molecular weight excluding hydrogens is 184 g/mol. The maximum Gasteiger partial charge on any atom is 0.333 e. The van der Waals surface area contributed by atoms with E-state index in [9.17, 15) is 4.79 Å². The van der Waals surface area contributed by atoms with Crippen molar-refractivity contribution < 1.29 is 14.6 Å². The van der Waals surface area contributed by atoms with Gasteiger partial charge in [-0.05, 0) is 12.5 Å². The first kappa shape index (κ1) is 9.21. The molecule has 2 rings (SSSR count). The van der Waals surface area contributed by atoms with Crippen LogP contribution in [-0.2, 0) is 16.1 Å². The first-order valence-corrected chi connectivity index (χ1v) is 4.59. The van der Waals surface area contributed by atoms with Gasteiger partial charge in [0, 0.05) is 31.5 Å². The van der Waals surface area contributed by atoms with Crippen molar-refractivity contribution in [2.75, 3.05) is 6.61 Å². The molecule has 14 heavy (non-hydrogen) atoms. The van der Waals surface area contributed by atoms with Gasteiger partial charge in [-0.2, -0.15) is 5.10 Å². The summed E-state index contributed by atoms with van der Waals surface area (Å²) in [5, 5.41) is 12.9. The van der Waals surface area contributed by atoms with E-state index in [0.29, 0.717) is 13.2 Å². The van der Waals surface area contributed by atoms with Crippen LogP contribution in [0, 0.1) is 5.92 Å². The monoisotopic (exact) mass is 196 g/mol. The van der Waals surface area contributed by atoms with E-state index >= 15 is 0 Å². The smallest absolute Gasteiger partial charge is 0.333 e. The molecule has 5 heteroatoms. The van der Waals surface area contributed by atoms with Crippen LogP contribution in [0.2, 0.25) is 0 Å². The van der Waals surface area contributed by atoms with Gasteiger partial charge in [-0.1, -0.05) is 0 Å². The summed E-state index contributed by atoms with van der Waals surface area (Å²) < 4.78 is 6.88. The van der Waals surface area contributed by atoms with Crippen molar-refractivity contribution in [1.82, 2.24) is 9.78 Å². The highest BCUT2D eigenvalue weighted by molar-refractivity contribution is 5.73. The van der Waals surface area contributed by atoms with E-state index in [1.807, 2.05) is 12.3 Å². The van der Waals surface area contributed by atoms with Crippen molar-refractivity contribution in [3.63, 3.8) is 0 Å². The zero-order valence-electron chi connectivity index (χ0n) is 7.67. The summed E-state index contributed by atoms with van der Waals surface area (Å²) in [7, 11) is 0. The van der Waals surface area contributed by atoms with Crippen LogP contribution in [-0.4, -0.2) is 33.6 Å². The molecule has 0 unspecified atom stereocenters. The van der Waals surface area contributed by atoms with Crippen LogP contribution in [0.15, 0.2) is 18.5 Å². The van der Waals surface area contributed by atoms with Gasteiger partial charge in [-0.25, -0.2) is 4.79 Å². The van der Waals surface area contributed by atoms with Crippen molar-refractivity contribution in [2.24, 2.45) is 5.92 Å². The quantitative estimate of drug-likeness (QED) is 0.758. The second-order valence-corrected chi connectivity index (χ2v) is 3.41. The highest BCUT2D eigenvalue weighted by atomic mass is 16.5. The summed E-state index contributed by atoms with van der Waals surface area (Å²) in [6.07, 6.45) is 3.64. The van der Waals surface area contributed by atoms with E-state index in [-0.39, 0.29) is 5.92 Å². The van der Waals surface area contributed by atoms with E-state index in [1.54, 1.807) is 10.9 Å². The van der Waals surface area contributed by atoms with Crippen molar-refractivity contribution in [1.29, 1.82) is 0 Å². The lowest BCUT2D eigenvalue weighted by Crippen LogP contribution is -2.29. The number of carbonyl (C=O) groups is 1. The molecule has 1 aliphatic rings. The molecular formula is C9H12N2O3. The fourth-order valence-corrected chi connectivity index (χ4v) is 1.74. The standard InChI is InChI=1S/C9H12N2O3/c12-9(13)8-7(2-5-14-8)6-11-4-1-3-10-11/h1,3-4,7-8H,2,5-6H2,(H,12,13)/t7-,8-/m1/s1. The van der Waals surface area contributed by atoms with E-state index in [0.717, 1.165) is 6.42 Å². The Morgan fingerprint density at radius 1 is 1.71 bits per heavy atom. The molecule has 1 saturated heterocycles. The average molecular weight is 196 g/mol. The number of aromatic nitrogens is 2. The predicted molar refractivity (Wildman–Crippen MR) is 47.7 cm³/mol. The van der Waals surface area contributed by atoms with Gasteiger partial charge in [0.25, 0.3) is 0 Å². The lowest BCUT2D eigenvalue weighted by molar-refractivity contribution is -0.149. The second-order valence-electron chi connectivity index (χ2n) is 3.41. The van der Waals surface area contributed by atoms with Gasteiger partial charge in [-0.3, -0.25) is 4.68 Å². The number of ether oxygens (including phenoxy) is 1. The number of aliphatic carboxylic acids is 1. The summed E-state index contributed by atoms with van der Waals surface area (Å²) in [5.74, 6) is -0.841. The lowest BCUT2D eigenvalue weighted by Gasteiger charge is -2.13. The summed E-state index contributed by atoms with van der Waals surface area (Å²) >= 11 is 0. The number of nitrogens with zero attached hydrogens (tertiary/aromatic N) is 2. The van der Waals surface area contributed by atoms with Crippen LogP contribution in [0.1, 0.15) is 6.42 Å². The molecule has 0 aliphatic carbocycles. The van der Waals surface area contributed by atoms with Crippen LogP contribution in [0.5, 0.6) is 0 Å². The van der Waals surface area contributed by atoms with Gasteiger partial charge in [-0.15, -0.1) is 0 Å². The number of carboxylic acids is 1. The Morgan fingerprint density at radius 2 is 2.57 bits per heavy atom. The molecule has 0 spiro atoms. The molecule has 0 saturated carbocycles. The lowest BCUT2D eigenvalue weighted by atomic mass is 10.0. The van der Waals surface area contributed by atoms with Gasteiger partial charge in [0.2, 0.25) is 0 Å². The third-order valence-electron chi connectivity index (χ3n) is 2.44. The Hall–Kier alpha value is -1.36. The van der Waals surface area contributed by atoms with E-state index in [4.69, 9.17) is 9.84 Å². The predicted octanol–water partition coefficient (Wildman–Crippen LogP) is 0.373. The number of carboxylic acid groups (broad SMARTS) is 1. The van der Waals surface area contributed by atoms with Crippen LogP contribution >= 0.6 is 0 Å². The number of hydrogen-bond donors (Lipinski definition) is 1. The minimum absolute atomic E-state index is 0.0346. The molecule has 5 nitrogen and oxygen atoms in total. The van der Waals surface area contributed by atoms with Crippen LogP contribution < -0.4 is 0 Å². The number of hydrogen-bond acceptors (Lipinski definition) is 3. The maximum absolute atomic E-state index is 10.8. The molecule has 2 heterocycles. The Labute approximate surface area is 81.3 Å². The first-order valence-electron chi connectivity index (χ1n) is 4.59. The molecule has 0 aromatic carbocycles. The summed E-state index contributed by atoms with van der Waals surface area (Å²) in [4.78, 5) is 10.8. The van der Waals surface area contributed by atoms with E-state index in [2.05, 4.69) is 5.10 Å². The van der Waals surface area contributed by atoms with Gasteiger partial charge < -0.3 is 9.84 Å². The molecule has 1 fully saturated rings. The Bertz CT molecular complexity index is 310. The zero-order valence-corrected chi connectivity index (χ0v) is 7.67. The molecule has 0 amide bonds. The van der Waals surface area contributed by atoms with Crippen LogP contribution in [0.4, 0.5) is 0 Å². The molecule has 1 N–H and O–H groups in total. The van der Waals surface area contributed by atoms with E-state index in [1.165, 1.54) is 0 Å². The fraction of sp³-hybridized carbons (Fsp3) is 0.556. The maximum atomic E-state index is 10.8. The summed E-state index contributed by atoms with van der Waals surface area (Å²) in [6.45, 7) is 1.15. The Morgan fingerprint density at radius 3 is 3.21 bits per heavy atom. The molecule has 0 radical (unpaired) electrons. The molecule has 1 aliphatic heterocycles. The van der Waals surface area contributed by atoms with Gasteiger partial charge in [0.15, 0.2) is 6.10 Å². The highest BCUT2D eigenvalue weighted by Gasteiger charge is 2.34. The normalized spacial score (nSPS) is 26.6. The van der Waals surface area contributed by atoms with E-state index < -0.39 is 12.1 Å². The SMILES string of the molecule is O=C(O)[C@@H]1OCC[C@@H]1Cn1cccn1. The largest absolute Gasteiger partial charge is 0.479 e. The van der Waals surface area contributed by atoms with Crippen molar-refractivity contribution in [2.45, 2.75) is 19.1 Å². The third-order valence-corrected chi connectivity index (χ3v) is 2.44. The minimum Gasteiger partial charge on any atom is -0.479 e. The first-order chi connectivity index (χ1) is 6.77. The summed E-state index contributed by atoms with van der Waals surface area (Å²) in [5.41, 5.74) is 0. The zero-order chi connectivity index (χ0) is 9.97. The molecule has 0 bridgehead atoms. The van der Waals surface area contributed by atoms with Crippen LogP contribution in [0.25, 0.3) is 0 Å². The van der Waals surface area contributed by atoms with Crippen LogP contribution in [0.3, 0.4) is 0 Å². The Kier molecular flexibility index (Phi) is 2.49. The molecule has 1 aromatic heterocycles. The van der Waals surface area contributed by atoms with Gasteiger partial charge >= 0.3 is 5.97 Å². The second kappa shape index (κ2) is 3.79. The minimum atomic E-state index is -0.875. The van der Waals surface area contributed by atoms with Gasteiger partial charge in [0.05, 0.1) is 0 Å². The topological polar surface area (TPSA) is 64.3 Å². The van der Waals surface area contributed by atoms with Crippen molar-refractivity contribution >= 4 is 5.97 Å². The fourth-order valence-electron chi connectivity index (χ4n) is 1.74. The molecule has 1 aromatic rings. The molecule has 2 atom stereocenters.